The van der Waals surface area contributed by atoms with Crippen LogP contribution >= 0.6 is 0 Å². The van der Waals surface area contributed by atoms with Crippen LogP contribution in [0.3, 0.4) is 0 Å². The number of carbonyl (C=O) groups is 3. The second kappa shape index (κ2) is 7.89. The summed E-state index contributed by atoms with van der Waals surface area (Å²) in [5.74, 6) is -1.09. The third-order valence-corrected chi connectivity index (χ3v) is 4.59. The zero-order valence-electron chi connectivity index (χ0n) is 15.4. The summed E-state index contributed by atoms with van der Waals surface area (Å²) in [4.78, 5) is 37.3. The van der Waals surface area contributed by atoms with Gasteiger partial charge in [-0.15, -0.1) is 0 Å². The lowest BCUT2D eigenvalue weighted by Gasteiger charge is -2.41. The lowest BCUT2D eigenvalue weighted by Crippen LogP contribution is -2.59. The number of hydroxylamine groups is 2. The number of nitrogens with one attached hydrogen (secondary N) is 1. The first-order valence-corrected chi connectivity index (χ1v) is 8.62. The Balaban J connectivity index is 1.61. The number of amides is 3. The molecule has 11 heteroatoms. The molecule has 0 radical (unpaired) electrons. The maximum absolute atomic E-state index is 14.5. The Kier molecular flexibility index (Phi) is 5.54. The van der Waals surface area contributed by atoms with Gasteiger partial charge in [-0.2, -0.15) is 0 Å². The van der Waals surface area contributed by atoms with E-state index in [0.29, 0.717) is 29.5 Å². The quantitative estimate of drug-likeness (QED) is 0.563. The average Bonchev–Trinajstić information content (AvgIpc) is 2.98. The van der Waals surface area contributed by atoms with Gasteiger partial charge >= 0.3 is 12.2 Å². The highest BCUT2D eigenvalue weighted by molar-refractivity contribution is 5.90. The highest BCUT2D eigenvalue weighted by Crippen LogP contribution is 2.30. The Labute approximate surface area is 160 Å². The van der Waals surface area contributed by atoms with Crippen molar-refractivity contribution in [1.29, 1.82) is 0 Å². The van der Waals surface area contributed by atoms with Crippen LogP contribution in [0.25, 0.3) is 0 Å². The molecule has 0 spiro atoms. The molecule has 3 rings (SSSR count). The van der Waals surface area contributed by atoms with Gasteiger partial charge in [0.15, 0.2) is 0 Å². The molecule has 2 fully saturated rings. The summed E-state index contributed by atoms with van der Waals surface area (Å²) >= 11 is 0. The average molecular weight is 396 g/mol. The number of ether oxygens (including phenoxy) is 2. The molecule has 2 heterocycles. The van der Waals surface area contributed by atoms with Gasteiger partial charge in [-0.3, -0.25) is 14.9 Å². The second-order valence-electron chi connectivity index (χ2n) is 6.59. The smallest absolute Gasteiger partial charge is 0.414 e. The van der Waals surface area contributed by atoms with Crippen molar-refractivity contribution in [2.24, 2.45) is 0 Å². The summed E-state index contributed by atoms with van der Waals surface area (Å²) in [7, 11) is 1.27. The standard InChI is InChI=1S/C17H21FN4O6/c1-10(23)22(26)9-13-8-21(17(25)28-13)12-3-4-15(14(18)5-12)20-6-11(7-20)19-16(24)27-2/h3-5,11,13,26H,6-9H2,1-2H3,(H,19,24)/t13-/m0/s1. The number of carbonyl (C=O) groups excluding carboxylic acids is 3. The Bertz CT molecular complexity index is 785. The Morgan fingerprint density at radius 1 is 1.39 bits per heavy atom. The van der Waals surface area contributed by atoms with Crippen molar-refractivity contribution in [3.05, 3.63) is 24.0 Å². The number of hydrogen-bond acceptors (Lipinski definition) is 7. The predicted molar refractivity (Wildman–Crippen MR) is 94.7 cm³/mol. The molecule has 0 unspecified atom stereocenters. The SMILES string of the molecule is COC(=O)NC1CN(c2ccc(N3C[C@@H](CN(O)C(C)=O)OC3=O)cc2F)C1. The lowest BCUT2D eigenvalue weighted by atomic mass is 10.1. The van der Waals surface area contributed by atoms with E-state index in [1.165, 1.54) is 25.0 Å². The van der Waals surface area contributed by atoms with E-state index in [0.717, 1.165) is 0 Å². The van der Waals surface area contributed by atoms with Gasteiger partial charge in [0.1, 0.15) is 11.9 Å². The normalized spacial score (nSPS) is 19.1. The van der Waals surface area contributed by atoms with Gasteiger partial charge in [-0.1, -0.05) is 0 Å². The monoisotopic (exact) mass is 396 g/mol. The molecular formula is C17H21FN4O6. The van der Waals surface area contributed by atoms with Crippen LogP contribution in [0, 0.1) is 5.82 Å². The van der Waals surface area contributed by atoms with Gasteiger partial charge in [0, 0.05) is 20.0 Å². The van der Waals surface area contributed by atoms with Crippen molar-refractivity contribution < 1.29 is 33.5 Å². The summed E-state index contributed by atoms with van der Waals surface area (Å²) in [6.07, 6.45) is -1.93. The topological polar surface area (TPSA) is 112 Å². The molecule has 3 amide bonds. The van der Waals surface area contributed by atoms with E-state index in [4.69, 9.17) is 4.74 Å². The van der Waals surface area contributed by atoms with E-state index in [2.05, 4.69) is 10.1 Å². The van der Waals surface area contributed by atoms with Gasteiger partial charge < -0.3 is 19.7 Å². The van der Waals surface area contributed by atoms with Crippen molar-refractivity contribution in [3.8, 4) is 0 Å². The number of hydrogen-bond donors (Lipinski definition) is 2. The summed E-state index contributed by atoms with van der Waals surface area (Å²) in [5.41, 5.74) is 0.666. The number of anilines is 2. The van der Waals surface area contributed by atoms with Crippen LogP contribution in [-0.4, -0.2) is 73.8 Å². The molecule has 28 heavy (non-hydrogen) atoms. The van der Waals surface area contributed by atoms with Crippen LogP contribution in [0.15, 0.2) is 18.2 Å². The van der Waals surface area contributed by atoms with E-state index in [9.17, 15) is 24.0 Å². The lowest BCUT2D eigenvalue weighted by molar-refractivity contribution is -0.166. The molecule has 1 atom stereocenters. The Morgan fingerprint density at radius 3 is 2.71 bits per heavy atom. The minimum Gasteiger partial charge on any atom is -0.453 e. The van der Waals surface area contributed by atoms with Crippen LogP contribution < -0.4 is 15.1 Å². The van der Waals surface area contributed by atoms with Gasteiger partial charge in [-0.25, -0.2) is 19.0 Å². The van der Waals surface area contributed by atoms with Crippen molar-refractivity contribution >= 4 is 29.5 Å². The third-order valence-electron chi connectivity index (χ3n) is 4.59. The van der Waals surface area contributed by atoms with E-state index < -0.39 is 30.0 Å². The molecule has 1 aromatic rings. The number of alkyl carbamates (subject to hydrolysis) is 1. The molecule has 2 aliphatic rings. The van der Waals surface area contributed by atoms with Crippen LogP contribution in [0.2, 0.25) is 0 Å². The number of methoxy groups -OCH3 is 1. The number of halogens is 1. The molecule has 10 nitrogen and oxygen atoms in total. The fourth-order valence-electron chi connectivity index (χ4n) is 3.06. The number of rotatable bonds is 5. The van der Waals surface area contributed by atoms with Gasteiger partial charge in [-0.05, 0) is 18.2 Å². The molecule has 1 aromatic carbocycles. The van der Waals surface area contributed by atoms with E-state index >= 15 is 0 Å². The molecule has 0 aliphatic carbocycles. The minimum absolute atomic E-state index is 0.0802. The Hall–Kier alpha value is -3.08. The third kappa shape index (κ3) is 4.09. The molecule has 2 N–H and O–H groups in total. The predicted octanol–water partition coefficient (Wildman–Crippen LogP) is 0.933. The molecular weight excluding hydrogens is 375 g/mol. The maximum atomic E-state index is 14.5. The number of nitrogens with zero attached hydrogens (tertiary/aromatic N) is 3. The van der Waals surface area contributed by atoms with Crippen molar-refractivity contribution in [2.45, 2.75) is 19.1 Å². The van der Waals surface area contributed by atoms with Crippen LogP contribution in [-0.2, 0) is 14.3 Å². The zero-order chi connectivity index (χ0) is 20.4. The second-order valence-corrected chi connectivity index (χ2v) is 6.59. The zero-order valence-corrected chi connectivity index (χ0v) is 15.4. The Morgan fingerprint density at radius 2 is 2.11 bits per heavy atom. The first kappa shape index (κ1) is 19.7. The molecule has 0 bridgehead atoms. The summed E-state index contributed by atoms with van der Waals surface area (Å²) < 4.78 is 24.2. The highest BCUT2D eigenvalue weighted by Gasteiger charge is 2.35. The molecule has 2 saturated heterocycles. The highest BCUT2D eigenvalue weighted by atomic mass is 19.1. The fraction of sp³-hybridized carbons (Fsp3) is 0.471. The van der Waals surface area contributed by atoms with Crippen LogP contribution in [0.4, 0.5) is 25.4 Å². The summed E-state index contributed by atoms with van der Waals surface area (Å²) in [5, 5.41) is 12.6. The molecule has 2 aliphatic heterocycles. The largest absolute Gasteiger partial charge is 0.453 e. The summed E-state index contributed by atoms with van der Waals surface area (Å²) in [6.45, 7) is 1.98. The van der Waals surface area contributed by atoms with Crippen LogP contribution in [0.5, 0.6) is 0 Å². The van der Waals surface area contributed by atoms with Crippen LogP contribution in [0.1, 0.15) is 6.92 Å². The van der Waals surface area contributed by atoms with Crippen molar-refractivity contribution in [2.75, 3.05) is 43.1 Å². The van der Waals surface area contributed by atoms with E-state index in [1.54, 1.807) is 17.0 Å². The van der Waals surface area contributed by atoms with E-state index in [-0.39, 0.29) is 19.1 Å². The van der Waals surface area contributed by atoms with E-state index in [1.807, 2.05) is 0 Å². The van der Waals surface area contributed by atoms with Gasteiger partial charge in [0.05, 0.1) is 37.6 Å². The molecule has 0 saturated carbocycles. The first-order valence-electron chi connectivity index (χ1n) is 8.62. The number of benzene rings is 1. The molecule has 0 aromatic heterocycles. The summed E-state index contributed by atoms with van der Waals surface area (Å²) in [6, 6.07) is 4.24. The van der Waals surface area contributed by atoms with Gasteiger partial charge in [0.25, 0.3) is 0 Å². The van der Waals surface area contributed by atoms with Crippen molar-refractivity contribution in [3.63, 3.8) is 0 Å². The minimum atomic E-state index is -0.718. The van der Waals surface area contributed by atoms with Crippen molar-refractivity contribution in [1.82, 2.24) is 10.4 Å². The molecule has 152 valence electrons. The maximum Gasteiger partial charge on any atom is 0.414 e. The first-order chi connectivity index (χ1) is 13.3. The van der Waals surface area contributed by atoms with Gasteiger partial charge in [0.2, 0.25) is 5.91 Å². The fourth-order valence-corrected chi connectivity index (χ4v) is 3.06. The number of cyclic esters (lactones) is 1.